The molecule has 11 heteroatoms. The van der Waals surface area contributed by atoms with Crippen molar-refractivity contribution in [3.05, 3.63) is 75.4 Å². The average Bonchev–Trinajstić information content (AvgIpc) is 3.68. The average molecular weight is 606 g/mol. The largest absolute Gasteiger partial charge is 0.423 e. The number of rotatable bonds is 11. The lowest BCUT2D eigenvalue weighted by Gasteiger charge is -2.27. The molecular formula is C32H43N7O3S. The predicted octanol–water partition coefficient (Wildman–Crippen LogP) is 5.75. The zero-order valence-corrected chi connectivity index (χ0v) is 26.5. The summed E-state index contributed by atoms with van der Waals surface area (Å²) in [4.78, 5) is 38.6. The molecule has 4 N–H and O–H groups in total. The van der Waals surface area contributed by atoms with Crippen molar-refractivity contribution < 1.29 is 14.3 Å². The molecule has 3 heterocycles. The van der Waals surface area contributed by atoms with E-state index in [9.17, 15) is 9.59 Å². The van der Waals surface area contributed by atoms with E-state index >= 15 is 0 Å². The molecule has 1 aliphatic rings. The topological polar surface area (TPSA) is 149 Å². The monoisotopic (exact) mass is 605 g/mol. The first-order valence-corrected chi connectivity index (χ1v) is 15.5. The smallest absolute Gasteiger partial charge is 0.254 e. The van der Waals surface area contributed by atoms with E-state index in [1.807, 2.05) is 68.3 Å². The third-order valence-electron chi connectivity index (χ3n) is 7.33. The number of amides is 2. The summed E-state index contributed by atoms with van der Waals surface area (Å²) < 4.78 is 5.66. The number of pyridine rings is 1. The lowest BCUT2D eigenvalue weighted by molar-refractivity contribution is -0.107. The summed E-state index contributed by atoms with van der Waals surface area (Å²) in [5.41, 5.74) is 6.91. The van der Waals surface area contributed by atoms with Crippen LogP contribution < -0.4 is 10.6 Å². The summed E-state index contributed by atoms with van der Waals surface area (Å²) in [5, 5.41) is 20.1. The van der Waals surface area contributed by atoms with E-state index in [0.29, 0.717) is 24.9 Å². The molecule has 0 radical (unpaired) electrons. The molecule has 43 heavy (non-hydrogen) atoms. The Morgan fingerprint density at radius 1 is 1.21 bits per heavy atom. The maximum absolute atomic E-state index is 13.9. The number of hydrogen-bond donors (Lipinski definition) is 3. The van der Waals surface area contributed by atoms with Gasteiger partial charge in [0.1, 0.15) is 16.5 Å². The summed E-state index contributed by atoms with van der Waals surface area (Å²) in [7, 11) is 1.50. The Hall–Kier alpha value is -3.96. The van der Waals surface area contributed by atoms with Crippen molar-refractivity contribution in [1.82, 2.24) is 14.9 Å². The van der Waals surface area contributed by atoms with Gasteiger partial charge in [0.05, 0.1) is 6.04 Å². The molecule has 0 spiro atoms. The number of nitrogens with zero attached hydrogens (tertiary/aromatic N) is 4. The Morgan fingerprint density at radius 3 is 2.56 bits per heavy atom. The third kappa shape index (κ3) is 8.55. The molecule has 3 unspecified atom stereocenters. The first kappa shape index (κ1) is 33.5. The number of nitrogens with two attached hydrogens (primary N) is 1. The highest BCUT2D eigenvalue weighted by atomic mass is 32.1. The van der Waals surface area contributed by atoms with Crippen LogP contribution in [-0.4, -0.2) is 58.6 Å². The molecule has 1 saturated heterocycles. The summed E-state index contributed by atoms with van der Waals surface area (Å²) in [5.74, 6) is -0.609. The molecule has 1 fully saturated rings. The van der Waals surface area contributed by atoms with Gasteiger partial charge in [-0.25, -0.2) is 9.97 Å². The van der Waals surface area contributed by atoms with E-state index in [4.69, 9.17) is 15.6 Å². The number of benzene rings is 1. The second-order valence-electron chi connectivity index (χ2n) is 10.6. The summed E-state index contributed by atoms with van der Waals surface area (Å²) in [6.07, 6.45) is 4.61. The highest BCUT2D eigenvalue weighted by molar-refractivity contribution is 7.09. The minimum absolute atomic E-state index is 0.0655. The molecule has 1 aliphatic heterocycles. The first-order chi connectivity index (χ1) is 20.7. The van der Waals surface area contributed by atoms with Crippen molar-refractivity contribution in [3.63, 3.8) is 0 Å². The Morgan fingerprint density at radius 2 is 1.93 bits per heavy atom. The van der Waals surface area contributed by atoms with Gasteiger partial charge in [-0.3, -0.25) is 25.3 Å². The zero-order valence-electron chi connectivity index (χ0n) is 25.7. The fraction of sp³-hybridized carbons (Fsp3) is 0.438. The molecule has 3 aromatic rings. The minimum atomic E-state index is -0.340. The Balaban J connectivity index is 0.00000248. The molecule has 1 aromatic carbocycles. The maximum Gasteiger partial charge on any atom is 0.254 e. The van der Waals surface area contributed by atoms with Crippen molar-refractivity contribution in [2.24, 2.45) is 11.7 Å². The summed E-state index contributed by atoms with van der Waals surface area (Å²) in [6, 6.07) is 12.7. The van der Waals surface area contributed by atoms with E-state index in [-0.39, 0.29) is 47.2 Å². The molecule has 0 aliphatic carbocycles. The Bertz CT molecular complexity index is 1390. The number of ether oxygens (including phenoxy) is 1. The number of likely N-dealkylation sites (tertiary alicyclic amines) is 1. The number of hydrogen-bond acceptors (Lipinski definition) is 9. The number of thiazole rings is 1. The van der Waals surface area contributed by atoms with Gasteiger partial charge in [0, 0.05) is 35.1 Å². The molecule has 3 atom stereocenters. The van der Waals surface area contributed by atoms with E-state index in [1.165, 1.54) is 18.0 Å². The quantitative estimate of drug-likeness (QED) is 0.144. The number of anilines is 1. The van der Waals surface area contributed by atoms with Gasteiger partial charge in [-0.15, -0.1) is 11.3 Å². The molecule has 230 valence electrons. The van der Waals surface area contributed by atoms with Crippen LogP contribution in [0, 0.1) is 23.7 Å². The summed E-state index contributed by atoms with van der Waals surface area (Å²) in [6.45, 7) is 8.37. The minimum Gasteiger partial charge on any atom is -0.423 e. The van der Waals surface area contributed by atoms with Crippen molar-refractivity contribution in [1.29, 1.82) is 10.8 Å². The SMILES string of the molecule is CCCC(C)N(C=O)c1cc(C(=O)N2CCCC2c2nc(C)cs2)cc(C(=N)OC(=N)C(C)Cc2ccccc2)n1.CN. The van der Waals surface area contributed by atoms with Gasteiger partial charge >= 0.3 is 0 Å². The number of aromatic nitrogens is 2. The van der Waals surface area contributed by atoms with E-state index in [2.05, 4.69) is 15.7 Å². The van der Waals surface area contributed by atoms with Crippen LogP contribution in [0.15, 0.2) is 47.8 Å². The van der Waals surface area contributed by atoms with Crippen LogP contribution >= 0.6 is 11.3 Å². The summed E-state index contributed by atoms with van der Waals surface area (Å²) >= 11 is 1.55. The Labute approximate surface area is 258 Å². The zero-order chi connectivity index (χ0) is 31.5. The van der Waals surface area contributed by atoms with Gasteiger partial charge in [-0.2, -0.15) is 0 Å². The maximum atomic E-state index is 13.9. The van der Waals surface area contributed by atoms with Crippen LogP contribution in [0.3, 0.4) is 0 Å². The van der Waals surface area contributed by atoms with Gasteiger partial charge in [0.15, 0.2) is 5.90 Å². The van der Waals surface area contributed by atoms with Gasteiger partial charge in [0.25, 0.3) is 5.91 Å². The first-order valence-electron chi connectivity index (χ1n) is 14.7. The second kappa shape index (κ2) is 16.0. The second-order valence-corrected chi connectivity index (χ2v) is 11.5. The third-order valence-corrected chi connectivity index (χ3v) is 8.39. The highest BCUT2D eigenvalue weighted by Crippen LogP contribution is 2.35. The van der Waals surface area contributed by atoms with Crippen molar-refractivity contribution >= 4 is 41.3 Å². The van der Waals surface area contributed by atoms with Crippen molar-refractivity contribution in [3.8, 4) is 0 Å². The van der Waals surface area contributed by atoms with Gasteiger partial charge in [0.2, 0.25) is 12.3 Å². The van der Waals surface area contributed by atoms with Crippen LogP contribution in [0.4, 0.5) is 5.82 Å². The highest BCUT2D eigenvalue weighted by Gasteiger charge is 2.33. The Kier molecular flexibility index (Phi) is 12.5. The van der Waals surface area contributed by atoms with E-state index in [1.54, 1.807) is 17.4 Å². The van der Waals surface area contributed by atoms with Crippen LogP contribution in [0.1, 0.15) is 84.8 Å². The number of carbonyl (C=O) groups is 2. The molecule has 10 nitrogen and oxygen atoms in total. The molecule has 4 rings (SSSR count). The fourth-order valence-corrected chi connectivity index (χ4v) is 6.05. The molecular weight excluding hydrogens is 562 g/mol. The van der Waals surface area contributed by atoms with Gasteiger partial charge in [-0.05, 0) is 64.3 Å². The lowest BCUT2D eigenvalue weighted by atomic mass is 10.0. The van der Waals surface area contributed by atoms with Crippen molar-refractivity contribution in [2.75, 3.05) is 18.5 Å². The predicted molar refractivity (Wildman–Crippen MR) is 172 cm³/mol. The lowest BCUT2D eigenvalue weighted by Crippen LogP contribution is -2.34. The molecule has 0 saturated carbocycles. The van der Waals surface area contributed by atoms with Crippen LogP contribution in [-0.2, 0) is 16.0 Å². The molecule has 2 aromatic heterocycles. The standard InChI is InChI=1S/C31H38N6O3S.CH5N/c1-5-10-22(4)37(19-38)27-17-24(31(39)36-14-9-13-26(36)30-34-21(3)18-41-30)16-25(35-27)29(33)40-28(32)20(2)15-23-11-7-6-8-12-23;1-2/h6-8,11-12,16-20,22,26,32-33H,5,9-10,13-15H2,1-4H3;2H2,1H3. The van der Waals surface area contributed by atoms with Crippen LogP contribution in [0.5, 0.6) is 0 Å². The fourth-order valence-electron chi connectivity index (χ4n) is 5.11. The van der Waals surface area contributed by atoms with E-state index < -0.39 is 0 Å². The number of carbonyl (C=O) groups excluding carboxylic acids is 2. The van der Waals surface area contributed by atoms with Crippen molar-refractivity contribution in [2.45, 2.75) is 71.9 Å². The van der Waals surface area contributed by atoms with Gasteiger partial charge < -0.3 is 15.4 Å². The van der Waals surface area contributed by atoms with E-state index in [0.717, 1.165) is 41.9 Å². The normalized spacial score (nSPS) is 15.6. The number of aryl methyl sites for hydroxylation is 1. The molecule has 2 amide bonds. The van der Waals surface area contributed by atoms with Gasteiger partial charge in [-0.1, -0.05) is 50.6 Å². The number of nitrogens with one attached hydrogen (secondary N) is 2. The van der Waals surface area contributed by atoms with Crippen LogP contribution in [0.25, 0.3) is 0 Å². The molecule has 0 bridgehead atoms. The van der Waals surface area contributed by atoms with Crippen LogP contribution in [0.2, 0.25) is 0 Å².